The summed E-state index contributed by atoms with van der Waals surface area (Å²) in [5.74, 6) is -0.458. The van der Waals surface area contributed by atoms with Crippen LogP contribution in [0.5, 0.6) is 0 Å². The molecule has 12 heteroatoms. The van der Waals surface area contributed by atoms with Crippen LogP contribution in [0.15, 0.2) is 65.7 Å². The van der Waals surface area contributed by atoms with E-state index in [1.54, 1.807) is 48.5 Å². The number of rotatable bonds is 5. The third-order valence-electron chi connectivity index (χ3n) is 5.61. The average Bonchev–Trinajstić information content (AvgIpc) is 3.36. The molecule has 0 atom stereocenters. The number of fused-ring (bicyclic) bond motifs is 1. The summed E-state index contributed by atoms with van der Waals surface area (Å²) in [7, 11) is 0. The van der Waals surface area contributed by atoms with Gasteiger partial charge in [-0.3, -0.25) is 14.9 Å². The molecule has 4 amide bonds. The van der Waals surface area contributed by atoms with Crippen molar-refractivity contribution in [3.63, 3.8) is 0 Å². The quantitative estimate of drug-likeness (QED) is 0.200. The minimum absolute atomic E-state index is 0.277. The number of nitrogens with zero attached hydrogens (tertiary/aromatic N) is 1. The molecule has 1 aromatic heterocycles. The maximum atomic E-state index is 12.6. The predicted octanol–water partition coefficient (Wildman–Crippen LogP) is 8.27. The number of nitrogens with one attached hydrogen (secondary N) is 3. The second-order valence-electron chi connectivity index (χ2n) is 8.25. The van der Waals surface area contributed by atoms with E-state index >= 15 is 0 Å². The zero-order chi connectivity index (χ0) is 27.0. The summed E-state index contributed by atoms with van der Waals surface area (Å²) in [5.41, 5.74) is 3.45. The molecule has 0 unspecified atom stereocenters. The molecule has 5 rings (SSSR count). The van der Waals surface area contributed by atoms with Gasteiger partial charge in [-0.2, -0.15) is 0 Å². The lowest BCUT2D eigenvalue weighted by Gasteiger charge is -2.10. The van der Waals surface area contributed by atoms with Crippen molar-refractivity contribution in [3.8, 4) is 0 Å². The molecule has 1 aliphatic heterocycles. The van der Waals surface area contributed by atoms with Gasteiger partial charge in [-0.25, -0.2) is 4.79 Å². The summed E-state index contributed by atoms with van der Waals surface area (Å²) < 4.78 is 1.99. The highest BCUT2D eigenvalue weighted by Gasteiger charge is 2.25. The second-order valence-corrected chi connectivity index (χ2v) is 10.9. The highest BCUT2D eigenvalue weighted by Crippen LogP contribution is 2.32. The maximum Gasteiger partial charge on any atom is 0.323 e. The van der Waals surface area contributed by atoms with Gasteiger partial charge in [-0.05, 0) is 71.9 Å². The van der Waals surface area contributed by atoms with Gasteiger partial charge in [0.15, 0.2) is 0 Å². The number of hydrogen-bond acceptors (Lipinski definition) is 4. The molecule has 4 aromatic rings. The standard InChI is InChI=1S/C26H16Cl4N4O3S/c27-18-4-1-13(7-20(18)29)11-34-12-14(8-23-24(35)33-26(37)38-23)17-9-15(3-6-22(17)34)31-25(36)32-16-2-5-19(28)21(30)10-16/h1-10,12H,11H2,(H2,31,32,36)(H,33,35,37). The summed E-state index contributed by atoms with van der Waals surface area (Å²) in [6.07, 6.45) is 3.52. The van der Waals surface area contributed by atoms with Gasteiger partial charge in [0.25, 0.3) is 11.1 Å². The van der Waals surface area contributed by atoms with Crippen molar-refractivity contribution < 1.29 is 14.4 Å². The number of carbonyl (C=O) groups excluding carboxylic acids is 3. The van der Waals surface area contributed by atoms with Gasteiger partial charge in [0, 0.05) is 40.6 Å². The van der Waals surface area contributed by atoms with Gasteiger partial charge in [-0.15, -0.1) is 0 Å². The third-order valence-corrected chi connectivity index (χ3v) is 7.90. The molecule has 0 aliphatic carbocycles. The van der Waals surface area contributed by atoms with Crippen LogP contribution >= 0.6 is 58.2 Å². The van der Waals surface area contributed by atoms with Crippen LogP contribution in [0.2, 0.25) is 20.1 Å². The molecule has 38 heavy (non-hydrogen) atoms. The predicted molar refractivity (Wildman–Crippen MR) is 156 cm³/mol. The Labute approximate surface area is 241 Å². The maximum absolute atomic E-state index is 12.6. The van der Waals surface area contributed by atoms with Crippen molar-refractivity contribution in [1.82, 2.24) is 9.88 Å². The van der Waals surface area contributed by atoms with Crippen molar-refractivity contribution in [1.29, 1.82) is 0 Å². The molecule has 192 valence electrons. The number of thioether (sulfide) groups is 1. The van der Waals surface area contributed by atoms with Gasteiger partial charge in [0.2, 0.25) is 0 Å². The summed E-state index contributed by atoms with van der Waals surface area (Å²) in [5, 5.41) is 9.71. The lowest BCUT2D eigenvalue weighted by Crippen LogP contribution is -2.19. The summed E-state index contributed by atoms with van der Waals surface area (Å²) in [4.78, 5) is 36.8. The molecule has 7 nitrogen and oxygen atoms in total. The molecule has 3 N–H and O–H groups in total. The number of anilines is 2. The largest absolute Gasteiger partial charge is 0.342 e. The lowest BCUT2D eigenvalue weighted by atomic mass is 10.1. The number of amides is 4. The first kappa shape index (κ1) is 26.5. The van der Waals surface area contributed by atoms with E-state index < -0.39 is 17.2 Å². The van der Waals surface area contributed by atoms with E-state index in [1.807, 2.05) is 22.9 Å². The Bertz CT molecular complexity index is 1670. The molecular weight excluding hydrogens is 590 g/mol. The number of urea groups is 1. The molecule has 0 spiro atoms. The summed E-state index contributed by atoms with van der Waals surface area (Å²) >= 11 is 25.1. The van der Waals surface area contributed by atoms with Crippen LogP contribution in [0.25, 0.3) is 17.0 Å². The number of hydrogen-bond donors (Lipinski definition) is 3. The van der Waals surface area contributed by atoms with Crippen molar-refractivity contribution in [2.75, 3.05) is 10.6 Å². The van der Waals surface area contributed by atoms with Crippen molar-refractivity contribution in [2.24, 2.45) is 0 Å². The minimum Gasteiger partial charge on any atom is -0.342 e. The Balaban J connectivity index is 1.48. The number of carbonyl (C=O) groups is 3. The molecule has 1 fully saturated rings. The fourth-order valence-corrected chi connectivity index (χ4v) is 5.20. The first-order valence-corrected chi connectivity index (χ1v) is 13.3. The van der Waals surface area contributed by atoms with E-state index in [0.29, 0.717) is 43.6 Å². The van der Waals surface area contributed by atoms with Gasteiger partial charge in [0.05, 0.1) is 25.0 Å². The van der Waals surface area contributed by atoms with Crippen molar-refractivity contribution in [2.45, 2.75) is 6.54 Å². The fourth-order valence-electron chi connectivity index (χ4n) is 3.91. The number of aromatic nitrogens is 1. The molecular formula is C26H16Cl4N4O3S. The van der Waals surface area contributed by atoms with E-state index in [4.69, 9.17) is 46.4 Å². The minimum atomic E-state index is -0.478. The normalized spacial score (nSPS) is 14.3. The first-order chi connectivity index (χ1) is 18.2. The van der Waals surface area contributed by atoms with Gasteiger partial charge >= 0.3 is 6.03 Å². The topological polar surface area (TPSA) is 92.2 Å². The van der Waals surface area contributed by atoms with Crippen molar-refractivity contribution >= 4 is 104 Å². The molecule has 0 bridgehead atoms. The summed E-state index contributed by atoms with van der Waals surface area (Å²) in [6, 6.07) is 15.1. The molecule has 1 aliphatic rings. The van der Waals surface area contributed by atoms with Crippen molar-refractivity contribution in [3.05, 3.63) is 96.9 Å². The highest BCUT2D eigenvalue weighted by molar-refractivity contribution is 8.18. The van der Waals surface area contributed by atoms with Crippen LogP contribution in [-0.4, -0.2) is 21.7 Å². The molecule has 1 saturated heterocycles. The van der Waals surface area contributed by atoms with Crippen LogP contribution in [0.4, 0.5) is 21.0 Å². The number of halogens is 4. The van der Waals surface area contributed by atoms with E-state index in [-0.39, 0.29) is 4.91 Å². The van der Waals surface area contributed by atoms with E-state index in [9.17, 15) is 14.4 Å². The van der Waals surface area contributed by atoms with Crippen LogP contribution in [0, 0.1) is 0 Å². The number of benzene rings is 3. The Morgan fingerprint density at radius 2 is 1.53 bits per heavy atom. The Kier molecular flexibility index (Phi) is 7.61. The molecule has 2 heterocycles. The van der Waals surface area contributed by atoms with Gasteiger partial charge in [-0.1, -0.05) is 52.5 Å². The monoisotopic (exact) mass is 604 g/mol. The zero-order valence-electron chi connectivity index (χ0n) is 19.2. The molecule has 0 saturated carbocycles. The Hall–Kier alpha value is -3.14. The van der Waals surface area contributed by atoms with Gasteiger partial charge in [0.1, 0.15) is 0 Å². The molecule has 0 radical (unpaired) electrons. The Morgan fingerprint density at radius 1 is 0.868 bits per heavy atom. The highest BCUT2D eigenvalue weighted by atomic mass is 35.5. The van der Waals surface area contributed by atoms with Crippen LogP contribution < -0.4 is 16.0 Å². The van der Waals surface area contributed by atoms with Crippen LogP contribution in [-0.2, 0) is 11.3 Å². The smallest absolute Gasteiger partial charge is 0.323 e. The zero-order valence-corrected chi connectivity index (χ0v) is 23.0. The van der Waals surface area contributed by atoms with E-state index in [1.165, 1.54) is 0 Å². The first-order valence-electron chi connectivity index (χ1n) is 11.0. The number of imide groups is 1. The summed E-state index contributed by atoms with van der Waals surface area (Å²) in [6.45, 7) is 0.472. The van der Waals surface area contributed by atoms with E-state index in [0.717, 1.165) is 28.2 Å². The van der Waals surface area contributed by atoms with E-state index in [2.05, 4.69) is 16.0 Å². The second kappa shape index (κ2) is 10.9. The average molecular weight is 606 g/mol. The fraction of sp³-hybridized carbons (Fsp3) is 0.0385. The Morgan fingerprint density at radius 3 is 2.18 bits per heavy atom. The van der Waals surface area contributed by atoms with Gasteiger partial charge < -0.3 is 15.2 Å². The van der Waals surface area contributed by atoms with Crippen LogP contribution in [0.3, 0.4) is 0 Å². The molecule has 3 aromatic carbocycles. The lowest BCUT2D eigenvalue weighted by molar-refractivity contribution is -0.115. The third kappa shape index (κ3) is 5.80. The SMILES string of the molecule is O=C(Nc1ccc(Cl)c(Cl)c1)Nc1ccc2c(c1)c(C=C1SC(=O)NC1=O)cn2Cc1ccc(Cl)c(Cl)c1. The van der Waals surface area contributed by atoms with Crippen LogP contribution in [0.1, 0.15) is 11.1 Å².